The number of carboxylic acid groups (broad SMARTS) is 1. The number of hydrogen-bond acceptors (Lipinski definition) is 3. The lowest BCUT2D eigenvalue weighted by Gasteiger charge is -2.15. The number of nitrogens with two attached hydrogens (primary N) is 1. The Kier molecular flexibility index (Phi) is 7.10. The van der Waals surface area contributed by atoms with E-state index in [9.17, 15) is 4.79 Å². The lowest BCUT2D eigenvalue weighted by molar-refractivity contribution is -0.137. The van der Waals surface area contributed by atoms with Crippen molar-refractivity contribution < 1.29 is 9.90 Å². The van der Waals surface area contributed by atoms with E-state index in [1.54, 1.807) is 30.5 Å². The normalized spacial score (nSPS) is 11.6. The SMILES string of the molecule is Cl.NC[C@H](CC(=O)O)c1ccc(Cl)c(-c2cc(Cl)ccn2)c1. The van der Waals surface area contributed by atoms with Gasteiger partial charge in [-0.1, -0.05) is 29.3 Å². The Hall–Kier alpha value is -1.33. The van der Waals surface area contributed by atoms with Gasteiger partial charge in [-0.3, -0.25) is 9.78 Å². The maximum atomic E-state index is 10.9. The highest BCUT2D eigenvalue weighted by atomic mass is 35.5. The zero-order valence-corrected chi connectivity index (χ0v) is 13.8. The minimum Gasteiger partial charge on any atom is -0.481 e. The van der Waals surface area contributed by atoms with Crippen LogP contribution in [0.1, 0.15) is 17.9 Å². The molecule has 1 aromatic heterocycles. The number of nitrogens with zero attached hydrogens (tertiary/aromatic N) is 1. The molecule has 0 radical (unpaired) electrons. The third kappa shape index (κ3) is 4.58. The first-order valence-electron chi connectivity index (χ1n) is 6.34. The van der Waals surface area contributed by atoms with Gasteiger partial charge in [0.1, 0.15) is 0 Å². The molecule has 0 aliphatic rings. The lowest BCUT2D eigenvalue weighted by atomic mass is 9.93. The van der Waals surface area contributed by atoms with Crippen LogP contribution in [-0.4, -0.2) is 22.6 Å². The van der Waals surface area contributed by atoms with E-state index < -0.39 is 5.97 Å². The summed E-state index contributed by atoms with van der Waals surface area (Å²) in [6.07, 6.45) is 1.57. The molecule has 7 heteroatoms. The van der Waals surface area contributed by atoms with Crippen molar-refractivity contribution in [2.45, 2.75) is 12.3 Å². The second kappa shape index (κ2) is 8.34. The molecule has 0 spiro atoms. The monoisotopic (exact) mass is 360 g/mol. The zero-order chi connectivity index (χ0) is 15.4. The molecule has 2 aromatic rings. The Morgan fingerprint density at radius 2 is 2.00 bits per heavy atom. The summed E-state index contributed by atoms with van der Waals surface area (Å²) in [4.78, 5) is 15.1. The van der Waals surface area contributed by atoms with Gasteiger partial charge < -0.3 is 10.8 Å². The first-order valence-corrected chi connectivity index (χ1v) is 7.10. The lowest BCUT2D eigenvalue weighted by Crippen LogP contribution is -2.16. The number of hydrogen-bond donors (Lipinski definition) is 2. The highest BCUT2D eigenvalue weighted by molar-refractivity contribution is 6.33. The summed E-state index contributed by atoms with van der Waals surface area (Å²) in [6, 6.07) is 8.72. The van der Waals surface area contributed by atoms with Crippen molar-refractivity contribution in [1.82, 2.24) is 4.98 Å². The smallest absolute Gasteiger partial charge is 0.304 e. The molecule has 1 aromatic carbocycles. The minimum atomic E-state index is -0.886. The van der Waals surface area contributed by atoms with Crippen LogP contribution in [0.4, 0.5) is 0 Å². The Labute approximate surface area is 144 Å². The molecule has 0 saturated heterocycles. The van der Waals surface area contributed by atoms with E-state index in [1.807, 2.05) is 6.07 Å². The van der Waals surface area contributed by atoms with E-state index in [0.717, 1.165) is 5.56 Å². The molecule has 118 valence electrons. The number of carbonyl (C=O) groups is 1. The van der Waals surface area contributed by atoms with E-state index in [4.69, 9.17) is 34.0 Å². The number of rotatable bonds is 5. The Morgan fingerprint density at radius 1 is 1.27 bits per heavy atom. The van der Waals surface area contributed by atoms with E-state index in [1.165, 1.54) is 0 Å². The molecular formula is C15H15Cl3N2O2. The Balaban J connectivity index is 0.00000242. The van der Waals surface area contributed by atoms with Gasteiger partial charge in [0.2, 0.25) is 0 Å². The summed E-state index contributed by atoms with van der Waals surface area (Å²) < 4.78 is 0. The molecule has 0 saturated carbocycles. The summed E-state index contributed by atoms with van der Waals surface area (Å²) >= 11 is 12.2. The van der Waals surface area contributed by atoms with Gasteiger partial charge in [-0.2, -0.15) is 0 Å². The largest absolute Gasteiger partial charge is 0.481 e. The van der Waals surface area contributed by atoms with Crippen molar-refractivity contribution in [3.8, 4) is 11.3 Å². The van der Waals surface area contributed by atoms with Crippen molar-refractivity contribution >= 4 is 41.6 Å². The standard InChI is InChI=1S/C15H14Cl2N2O2.ClH/c16-11-3-4-19-14(7-11)12-5-9(1-2-13(12)17)10(8-18)6-15(20)21;/h1-5,7,10H,6,8,18H2,(H,20,21);1H/t10-;/m0./s1. The van der Waals surface area contributed by atoms with Gasteiger partial charge in [-0.25, -0.2) is 0 Å². The number of halogens is 3. The summed E-state index contributed by atoms with van der Waals surface area (Å²) in [5, 5.41) is 10.0. The van der Waals surface area contributed by atoms with Crippen molar-refractivity contribution in [3.63, 3.8) is 0 Å². The molecule has 0 unspecified atom stereocenters. The van der Waals surface area contributed by atoms with Crippen molar-refractivity contribution in [3.05, 3.63) is 52.1 Å². The van der Waals surface area contributed by atoms with Crippen LogP contribution in [0.2, 0.25) is 10.0 Å². The van der Waals surface area contributed by atoms with Crippen molar-refractivity contribution in [2.75, 3.05) is 6.54 Å². The van der Waals surface area contributed by atoms with Crippen LogP contribution in [0.3, 0.4) is 0 Å². The summed E-state index contributed by atoms with van der Waals surface area (Å²) in [5.41, 5.74) is 7.84. The highest BCUT2D eigenvalue weighted by Gasteiger charge is 2.16. The average molecular weight is 362 g/mol. The van der Waals surface area contributed by atoms with Crippen LogP contribution in [0.15, 0.2) is 36.5 Å². The maximum absolute atomic E-state index is 10.9. The molecule has 0 fully saturated rings. The molecule has 3 N–H and O–H groups in total. The van der Waals surface area contributed by atoms with Crippen LogP contribution in [0.5, 0.6) is 0 Å². The van der Waals surface area contributed by atoms with Crippen LogP contribution >= 0.6 is 35.6 Å². The third-order valence-corrected chi connectivity index (χ3v) is 3.73. The van der Waals surface area contributed by atoms with Gasteiger partial charge in [0, 0.05) is 27.7 Å². The molecule has 0 aliphatic heterocycles. The van der Waals surface area contributed by atoms with E-state index in [0.29, 0.717) is 21.3 Å². The average Bonchev–Trinajstić information content (AvgIpc) is 2.45. The zero-order valence-electron chi connectivity index (χ0n) is 11.5. The van der Waals surface area contributed by atoms with Gasteiger partial charge >= 0.3 is 5.97 Å². The number of aliphatic carboxylic acids is 1. The third-order valence-electron chi connectivity index (χ3n) is 3.17. The summed E-state index contributed by atoms with van der Waals surface area (Å²) in [7, 11) is 0. The molecule has 0 aliphatic carbocycles. The first-order chi connectivity index (χ1) is 10.0. The van der Waals surface area contributed by atoms with Gasteiger partial charge in [-0.05, 0) is 36.4 Å². The summed E-state index contributed by atoms with van der Waals surface area (Å²) in [6.45, 7) is 0.246. The molecule has 2 rings (SSSR count). The van der Waals surface area contributed by atoms with Crippen LogP contribution in [0.25, 0.3) is 11.3 Å². The predicted octanol–water partition coefficient (Wildman–Crippen LogP) is 3.99. The van der Waals surface area contributed by atoms with Crippen LogP contribution in [0, 0.1) is 0 Å². The first kappa shape index (κ1) is 18.7. The molecule has 0 bridgehead atoms. The fourth-order valence-corrected chi connectivity index (χ4v) is 2.47. The van der Waals surface area contributed by atoms with Crippen LogP contribution in [-0.2, 0) is 4.79 Å². The maximum Gasteiger partial charge on any atom is 0.304 e. The number of aromatic nitrogens is 1. The van der Waals surface area contributed by atoms with E-state index in [2.05, 4.69) is 4.98 Å². The predicted molar refractivity (Wildman–Crippen MR) is 91.0 cm³/mol. The molecule has 4 nitrogen and oxygen atoms in total. The van der Waals surface area contributed by atoms with Gasteiger partial charge in [-0.15, -0.1) is 12.4 Å². The summed E-state index contributed by atoms with van der Waals surface area (Å²) in [5.74, 6) is -1.15. The van der Waals surface area contributed by atoms with Crippen LogP contribution < -0.4 is 5.73 Å². The van der Waals surface area contributed by atoms with Gasteiger partial charge in [0.05, 0.1) is 12.1 Å². The van der Waals surface area contributed by atoms with Crippen molar-refractivity contribution in [2.24, 2.45) is 5.73 Å². The van der Waals surface area contributed by atoms with E-state index >= 15 is 0 Å². The number of carboxylic acids is 1. The second-order valence-electron chi connectivity index (χ2n) is 4.63. The Bertz CT molecular complexity index is 665. The molecule has 22 heavy (non-hydrogen) atoms. The second-order valence-corrected chi connectivity index (χ2v) is 5.47. The molecular weight excluding hydrogens is 347 g/mol. The highest BCUT2D eigenvalue weighted by Crippen LogP contribution is 2.31. The van der Waals surface area contributed by atoms with Crippen molar-refractivity contribution in [1.29, 1.82) is 0 Å². The van der Waals surface area contributed by atoms with E-state index in [-0.39, 0.29) is 31.3 Å². The fourth-order valence-electron chi connectivity index (χ4n) is 2.09. The van der Waals surface area contributed by atoms with Gasteiger partial charge in [0.25, 0.3) is 0 Å². The molecule has 0 amide bonds. The van der Waals surface area contributed by atoms with Gasteiger partial charge in [0.15, 0.2) is 0 Å². The topological polar surface area (TPSA) is 76.2 Å². The number of pyridine rings is 1. The molecule has 1 atom stereocenters. The molecule has 1 heterocycles. The minimum absolute atomic E-state index is 0. The quantitative estimate of drug-likeness (QED) is 0.844. The fraction of sp³-hybridized carbons (Fsp3) is 0.200. The Morgan fingerprint density at radius 3 is 2.59 bits per heavy atom. The number of benzene rings is 1.